The van der Waals surface area contributed by atoms with Crippen molar-refractivity contribution >= 4 is 15.9 Å². The van der Waals surface area contributed by atoms with Gasteiger partial charge in [-0.25, -0.2) is 0 Å². The summed E-state index contributed by atoms with van der Waals surface area (Å²) in [7, 11) is 0. The second-order valence-electron chi connectivity index (χ2n) is 5.94. The predicted octanol–water partition coefficient (Wildman–Crippen LogP) is 4.63. The molecule has 0 spiro atoms. The van der Waals surface area contributed by atoms with Gasteiger partial charge in [-0.1, -0.05) is 35.8 Å². The molecule has 3 heteroatoms. The fraction of sp³-hybridized carbons (Fsp3) is 0.647. The van der Waals surface area contributed by atoms with Crippen molar-refractivity contribution in [3.63, 3.8) is 0 Å². The lowest BCUT2D eigenvalue weighted by Gasteiger charge is -2.35. The summed E-state index contributed by atoms with van der Waals surface area (Å²) in [5, 5.41) is 3.65. The van der Waals surface area contributed by atoms with Crippen LogP contribution in [-0.2, 0) is 0 Å². The third-order valence-electron chi connectivity index (χ3n) is 4.26. The first-order valence-corrected chi connectivity index (χ1v) is 8.60. The SMILES string of the molecule is CCNC1CCC(C)CC1CCOc1cccc(Br)c1. The number of hydrogen-bond donors (Lipinski definition) is 1. The normalized spacial score (nSPS) is 26.4. The van der Waals surface area contributed by atoms with E-state index in [1.807, 2.05) is 24.3 Å². The molecule has 0 bridgehead atoms. The summed E-state index contributed by atoms with van der Waals surface area (Å²) in [4.78, 5) is 0. The molecule has 1 aromatic carbocycles. The average Bonchev–Trinajstić information content (AvgIpc) is 2.42. The molecule has 2 rings (SSSR count). The van der Waals surface area contributed by atoms with Crippen LogP contribution in [0.25, 0.3) is 0 Å². The first kappa shape index (κ1) is 15.8. The Morgan fingerprint density at radius 1 is 1.35 bits per heavy atom. The van der Waals surface area contributed by atoms with Gasteiger partial charge in [-0.2, -0.15) is 0 Å². The van der Waals surface area contributed by atoms with Crippen LogP contribution in [-0.4, -0.2) is 19.2 Å². The number of ether oxygens (including phenoxy) is 1. The summed E-state index contributed by atoms with van der Waals surface area (Å²) in [5.41, 5.74) is 0. The summed E-state index contributed by atoms with van der Waals surface area (Å²) >= 11 is 3.48. The number of rotatable bonds is 6. The fourth-order valence-electron chi connectivity index (χ4n) is 3.23. The summed E-state index contributed by atoms with van der Waals surface area (Å²) in [6.07, 6.45) is 5.16. The zero-order chi connectivity index (χ0) is 14.4. The fourth-order valence-corrected chi connectivity index (χ4v) is 3.61. The van der Waals surface area contributed by atoms with Crippen LogP contribution in [0.2, 0.25) is 0 Å². The highest BCUT2D eigenvalue weighted by Gasteiger charge is 2.27. The highest BCUT2D eigenvalue weighted by atomic mass is 79.9. The van der Waals surface area contributed by atoms with E-state index in [1.165, 1.54) is 19.3 Å². The van der Waals surface area contributed by atoms with Crippen LogP contribution in [0.5, 0.6) is 5.75 Å². The Labute approximate surface area is 131 Å². The van der Waals surface area contributed by atoms with Crippen molar-refractivity contribution in [2.24, 2.45) is 11.8 Å². The minimum atomic E-state index is 0.683. The second kappa shape index (κ2) is 8.04. The van der Waals surface area contributed by atoms with Crippen LogP contribution < -0.4 is 10.1 Å². The highest BCUT2D eigenvalue weighted by Crippen LogP contribution is 2.31. The Morgan fingerprint density at radius 2 is 2.20 bits per heavy atom. The molecule has 3 unspecified atom stereocenters. The maximum Gasteiger partial charge on any atom is 0.120 e. The number of benzene rings is 1. The number of halogens is 1. The molecule has 2 nitrogen and oxygen atoms in total. The largest absolute Gasteiger partial charge is 0.494 e. The Hall–Kier alpha value is -0.540. The maximum atomic E-state index is 5.89. The van der Waals surface area contributed by atoms with Crippen molar-refractivity contribution in [1.29, 1.82) is 0 Å². The van der Waals surface area contributed by atoms with Crippen LogP contribution in [0.15, 0.2) is 28.7 Å². The number of nitrogens with one attached hydrogen (secondary N) is 1. The lowest BCUT2D eigenvalue weighted by Crippen LogP contribution is -2.40. The Balaban J connectivity index is 1.81. The molecule has 0 aliphatic heterocycles. The van der Waals surface area contributed by atoms with Crippen molar-refractivity contribution in [3.8, 4) is 5.75 Å². The first-order valence-electron chi connectivity index (χ1n) is 7.80. The topological polar surface area (TPSA) is 21.3 Å². The lowest BCUT2D eigenvalue weighted by molar-refractivity contribution is 0.175. The van der Waals surface area contributed by atoms with Crippen LogP contribution in [0, 0.1) is 11.8 Å². The van der Waals surface area contributed by atoms with Gasteiger partial charge in [0.2, 0.25) is 0 Å². The second-order valence-corrected chi connectivity index (χ2v) is 6.85. The Morgan fingerprint density at radius 3 is 2.95 bits per heavy atom. The predicted molar refractivity (Wildman–Crippen MR) is 88.2 cm³/mol. The molecule has 112 valence electrons. The lowest BCUT2D eigenvalue weighted by atomic mass is 9.77. The van der Waals surface area contributed by atoms with E-state index in [0.717, 1.165) is 41.6 Å². The van der Waals surface area contributed by atoms with Crippen LogP contribution in [0.1, 0.15) is 39.5 Å². The first-order chi connectivity index (χ1) is 9.69. The molecule has 1 aliphatic rings. The van der Waals surface area contributed by atoms with Crippen LogP contribution in [0.3, 0.4) is 0 Å². The third-order valence-corrected chi connectivity index (χ3v) is 4.76. The molecule has 20 heavy (non-hydrogen) atoms. The quantitative estimate of drug-likeness (QED) is 0.815. The van der Waals surface area contributed by atoms with Gasteiger partial charge in [0, 0.05) is 10.5 Å². The van der Waals surface area contributed by atoms with Gasteiger partial charge in [-0.3, -0.25) is 0 Å². The van der Waals surface area contributed by atoms with Crippen LogP contribution >= 0.6 is 15.9 Å². The number of hydrogen-bond acceptors (Lipinski definition) is 2. The Kier molecular flexibility index (Phi) is 6.37. The van der Waals surface area contributed by atoms with Crippen LogP contribution in [0.4, 0.5) is 0 Å². The summed E-state index contributed by atoms with van der Waals surface area (Å²) < 4.78 is 6.97. The molecule has 0 aromatic heterocycles. The molecule has 1 aromatic rings. The third kappa shape index (κ3) is 4.78. The van der Waals surface area contributed by atoms with Gasteiger partial charge in [0.25, 0.3) is 0 Å². The molecular weight excluding hydrogens is 314 g/mol. The zero-order valence-corrected chi connectivity index (χ0v) is 14.2. The monoisotopic (exact) mass is 339 g/mol. The summed E-state index contributed by atoms with van der Waals surface area (Å²) in [6.45, 7) is 6.47. The molecular formula is C17H26BrNO. The van der Waals surface area contributed by atoms with Crippen molar-refractivity contribution in [2.75, 3.05) is 13.2 Å². The van der Waals surface area contributed by atoms with E-state index in [2.05, 4.69) is 35.1 Å². The molecule has 1 N–H and O–H groups in total. The van der Waals surface area contributed by atoms with E-state index in [9.17, 15) is 0 Å². The van der Waals surface area contributed by atoms with E-state index in [4.69, 9.17) is 4.74 Å². The van der Waals surface area contributed by atoms with Gasteiger partial charge in [-0.05, 0) is 62.3 Å². The van der Waals surface area contributed by atoms with Gasteiger partial charge in [0.1, 0.15) is 5.75 Å². The summed E-state index contributed by atoms with van der Waals surface area (Å²) in [5.74, 6) is 2.58. The highest BCUT2D eigenvalue weighted by molar-refractivity contribution is 9.10. The maximum absolute atomic E-state index is 5.89. The standard InChI is InChI=1S/C17H26BrNO/c1-3-19-17-8-7-13(2)11-14(17)9-10-20-16-6-4-5-15(18)12-16/h4-6,12-14,17,19H,3,7-11H2,1-2H3. The molecule has 0 saturated heterocycles. The van der Waals surface area contributed by atoms with Crippen molar-refractivity contribution in [2.45, 2.75) is 45.6 Å². The molecule has 0 heterocycles. The van der Waals surface area contributed by atoms with E-state index in [1.54, 1.807) is 0 Å². The van der Waals surface area contributed by atoms with Crippen molar-refractivity contribution in [3.05, 3.63) is 28.7 Å². The smallest absolute Gasteiger partial charge is 0.120 e. The molecule has 0 amide bonds. The van der Waals surface area contributed by atoms with Crippen molar-refractivity contribution < 1.29 is 4.74 Å². The van der Waals surface area contributed by atoms with Crippen molar-refractivity contribution in [1.82, 2.24) is 5.32 Å². The average molecular weight is 340 g/mol. The zero-order valence-electron chi connectivity index (χ0n) is 12.6. The van der Waals surface area contributed by atoms with Gasteiger partial charge < -0.3 is 10.1 Å². The van der Waals surface area contributed by atoms with E-state index < -0.39 is 0 Å². The summed E-state index contributed by atoms with van der Waals surface area (Å²) in [6, 6.07) is 8.78. The van der Waals surface area contributed by atoms with Gasteiger partial charge in [0.15, 0.2) is 0 Å². The molecule has 3 atom stereocenters. The minimum Gasteiger partial charge on any atom is -0.494 e. The molecule has 1 saturated carbocycles. The Bertz CT molecular complexity index is 410. The van der Waals surface area contributed by atoms with Gasteiger partial charge in [0.05, 0.1) is 6.61 Å². The van der Waals surface area contributed by atoms with E-state index >= 15 is 0 Å². The van der Waals surface area contributed by atoms with Gasteiger partial charge in [-0.15, -0.1) is 0 Å². The van der Waals surface area contributed by atoms with E-state index in [-0.39, 0.29) is 0 Å². The van der Waals surface area contributed by atoms with Gasteiger partial charge >= 0.3 is 0 Å². The minimum absolute atomic E-state index is 0.683. The molecule has 1 aliphatic carbocycles. The van der Waals surface area contributed by atoms with E-state index in [0.29, 0.717) is 6.04 Å². The molecule has 1 fully saturated rings. The molecule has 0 radical (unpaired) electrons.